The maximum absolute atomic E-state index is 12.9. The van der Waals surface area contributed by atoms with Crippen LogP contribution in [0.25, 0.3) is 0 Å². The molecule has 6 nitrogen and oxygen atoms in total. The predicted octanol–water partition coefficient (Wildman–Crippen LogP) is 3.49. The predicted molar refractivity (Wildman–Crippen MR) is 106 cm³/mol. The number of benzene rings is 2. The number of anilines is 1. The van der Waals surface area contributed by atoms with Gasteiger partial charge in [0.2, 0.25) is 10.9 Å². The standard InChI is InChI=1S/C20H19FN4O2S/c1-13-2-8-16(9-3-13)23-19(27)20-25-24-18(28-20)11-10-17(26)22-12-14-4-6-15(21)7-5-14/h2-9H,10-12H2,1H3,(H,22,26)(H,23,27). The molecule has 2 aromatic carbocycles. The van der Waals surface area contributed by atoms with Crippen LogP contribution in [0.1, 0.15) is 32.4 Å². The lowest BCUT2D eigenvalue weighted by Gasteiger charge is -2.04. The zero-order valence-corrected chi connectivity index (χ0v) is 16.1. The Morgan fingerprint density at radius 2 is 1.75 bits per heavy atom. The maximum atomic E-state index is 12.9. The second-order valence-corrected chi connectivity index (χ2v) is 7.29. The molecule has 0 fully saturated rings. The van der Waals surface area contributed by atoms with E-state index in [1.165, 1.54) is 23.5 Å². The van der Waals surface area contributed by atoms with Crippen LogP contribution in [-0.4, -0.2) is 22.0 Å². The first-order valence-electron chi connectivity index (χ1n) is 8.71. The van der Waals surface area contributed by atoms with Gasteiger partial charge in [-0.25, -0.2) is 4.39 Å². The Hall–Kier alpha value is -3.13. The Morgan fingerprint density at radius 1 is 1.04 bits per heavy atom. The molecule has 0 radical (unpaired) electrons. The fourth-order valence-corrected chi connectivity index (χ4v) is 3.11. The highest BCUT2D eigenvalue weighted by molar-refractivity contribution is 7.13. The highest BCUT2D eigenvalue weighted by Gasteiger charge is 2.14. The van der Waals surface area contributed by atoms with Gasteiger partial charge in [-0.05, 0) is 36.8 Å². The topological polar surface area (TPSA) is 84.0 Å². The summed E-state index contributed by atoms with van der Waals surface area (Å²) >= 11 is 1.17. The van der Waals surface area contributed by atoms with E-state index in [1.54, 1.807) is 12.1 Å². The second kappa shape index (κ2) is 9.18. The third-order valence-electron chi connectivity index (χ3n) is 3.94. The summed E-state index contributed by atoms with van der Waals surface area (Å²) in [5, 5.41) is 14.3. The first-order valence-corrected chi connectivity index (χ1v) is 9.53. The van der Waals surface area contributed by atoms with E-state index < -0.39 is 0 Å². The average molecular weight is 398 g/mol. The molecule has 8 heteroatoms. The monoisotopic (exact) mass is 398 g/mol. The molecule has 2 N–H and O–H groups in total. The summed E-state index contributed by atoms with van der Waals surface area (Å²) in [7, 11) is 0. The normalized spacial score (nSPS) is 10.5. The summed E-state index contributed by atoms with van der Waals surface area (Å²) < 4.78 is 12.9. The van der Waals surface area contributed by atoms with Gasteiger partial charge in [0.1, 0.15) is 10.8 Å². The van der Waals surface area contributed by atoms with Crippen molar-refractivity contribution in [1.82, 2.24) is 15.5 Å². The zero-order chi connectivity index (χ0) is 19.9. The van der Waals surface area contributed by atoms with Crippen LogP contribution in [0.3, 0.4) is 0 Å². The minimum absolute atomic E-state index is 0.148. The molecule has 0 bridgehead atoms. The van der Waals surface area contributed by atoms with Crippen LogP contribution in [0.5, 0.6) is 0 Å². The molecule has 0 spiro atoms. The quantitative estimate of drug-likeness (QED) is 0.638. The Balaban J connectivity index is 1.45. The molecule has 0 aliphatic rings. The molecule has 0 unspecified atom stereocenters. The summed E-state index contributed by atoms with van der Waals surface area (Å²) in [5.41, 5.74) is 2.61. The second-order valence-electron chi connectivity index (χ2n) is 6.22. The Labute approximate surface area is 165 Å². The number of hydrogen-bond donors (Lipinski definition) is 2. The maximum Gasteiger partial charge on any atom is 0.286 e. The number of nitrogens with one attached hydrogen (secondary N) is 2. The van der Waals surface area contributed by atoms with Crippen LogP contribution in [0.4, 0.5) is 10.1 Å². The molecule has 0 saturated carbocycles. The van der Waals surface area contributed by atoms with Crippen molar-refractivity contribution in [2.75, 3.05) is 5.32 Å². The van der Waals surface area contributed by atoms with E-state index in [0.717, 1.165) is 11.1 Å². The molecule has 144 valence electrons. The third kappa shape index (κ3) is 5.68. The van der Waals surface area contributed by atoms with Crippen molar-refractivity contribution < 1.29 is 14.0 Å². The highest BCUT2D eigenvalue weighted by Crippen LogP contribution is 2.15. The molecule has 0 atom stereocenters. The van der Waals surface area contributed by atoms with Gasteiger partial charge in [-0.2, -0.15) is 0 Å². The van der Waals surface area contributed by atoms with Gasteiger partial charge >= 0.3 is 0 Å². The number of carbonyl (C=O) groups is 2. The molecule has 0 aliphatic carbocycles. The highest BCUT2D eigenvalue weighted by atomic mass is 32.1. The fraction of sp³-hybridized carbons (Fsp3) is 0.200. The van der Waals surface area contributed by atoms with Crippen molar-refractivity contribution in [3.63, 3.8) is 0 Å². The molecule has 2 amide bonds. The van der Waals surface area contributed by atoms with Gasteiger partial charge in [-0.3, -0.25) is 9.59 Å². The van der Waals surface area contributed by atoms with Gasteiger partial charge < -0.3 is 10.6 Å². The lowest BCUT2D eigenvalue weighted by Crippen LogP contribution is -2.22. The Morgan fingerprint density at radius 3 is 2.46 bits per heavy atom. The van der Waals surface area contributed by atoms with Crippen molar-refractivity contribution in [2.45, 2.75) is 26.3 Å². The smallest absolute Gasteiger partial charge is 0.286 e. The number of halogens is 1. The van der Waals surface area contributed by atoms with Gasteiger partial charge in [-0.1, -0.05) is 41.2 Å². The van der Waals surface area contributed by atoms with Crippen LogP contribution < -0.4 is 10.6 Å². The zero-order valence-electron chi connectivity index (χ0n) is 15.2. The molecule has 1 heterocycles. The lowest BCUT2D eigenvalue weighted by atomic mass is 10.2. The van der Waals surface area contributed by atoms with Crippen molar-refractivity contribution in [3.05, 3.63) is 75.5 Å². The summed E-state index contributed by atoms with van der Waals surface area (Å²) in [6.07, 6.45) is 0.625. The van der Waals surface area contributed by atoms with Crippen molar-refractivity contribution in [1.29, 1.82) is 0 Å². The van der Waals surface area contributed by atoms with Gasteiger partial charge in [-0.15, -0.1) is 10.2 Å². The van der Waals surface area contributed by atoms with E-state index in [4.69, 9.17) is 0 Å². The van der Waals surface area contributed by atoms with E-state index >= 15 is 0 Å². The summed E-state index contributed by atoms with van der Waals surface area (Å²) in [5.74, 6) is -0.785. The SMILES string of the molecule is Cc1ccc(NC(=O)c2nnc(CCC(=O)NCc3ccc(F)cc3)s2)cc1. The van der Waals surface area contributed by atoms with Crippen molar-refractivity contribution >= 4 is 28.8 Å². The van der Waals surface area contributed by atoms with E-state index in [1.807, 2.05) is 31.2 Å². The van der Waals surface area contributed by atoms with Crippen LogP contribution in [0.15, 0.2) is 48.5 Å². The number of rotatable bonds is 7. The number of carbonyl (C=O) groups excluding carboxylic acids is 2. The molecule has 28 heavy (non-hydrogen) atoms. The van der Waals surface area contributed by atoms with Crippen LogP contribution in [-0.2, 0) is 17.8 Å². The minimum atomic E-state index is -0.326. The third-order valence-corrected chi connectivity index (χ3v) is 4.92. The number of amides is 2. The molecule has 1 aromatic heterocycles. The van der Waals surface area contributed by atoms with Gasteiger partial charge in [0, 0.05) is 25.1 Å². The Bertz CT molecular complexity index is 955. The summed E-state index contributed by atoms with van der Waals surface area (Å²) in [6, 6.07) is 13.4. The van der Waals surface area contributed by atoms with Crippen LogP contribution >= 0.6 is 11.3 Å². The van der Waals surface area contributed by atoms with Gasteiger partial charge in [0.05, 0.1) is 0 Å². The number of nitrogens with zero attached hydrogens (tertiary/aromatic N) is 2. The molecule has 0 saturated heterocycles. The fourth-order valence-electron chi connectivity index (χ4n) is 2.38. The van der Waals surface area contributed by atoms with Crippen LogP contribution in [0, 0.1) is 12.7 Å². The Kier molecular flexibility index (Phi) is 6.44. The molecule has 3 rings (SSSR count). The number of aryl methyl sites for hydroxylation is 2. The van der Waals surface area contributed by atoms with E-state index in [-0.39, 0.29) is 29.1 Å². The first kappa shape index (κ1) is 19.6. The van der Waals surface area contributed by atoms with E-state index in [0.29, 0.717) is 23.7 Å². The molecular weight excluding hydrogens is 379 g/mol. The summed E-state index contributed by atoms with van der Waals surface area (Å²) in [4.78, 5) is 24.2. The number of hydrogen-bond acceptors (Lipinski definition) is 5. The average Bonchev–Trinajstić information content (AvgIpc) is 3.17. The number of aromatic nitrogens is 2. The molecule has 3 aromatic rings. The van der Waals surface area contributed by atoms with Crippen molar-refractivity contribution in [2.24, 2.45) is 0 Å². The van der Waals surface area contributed by atoms with Gasteiger partial charge in [0.25, 0.3) is 5.91 Å². The lowest BCUT2D eigenvalue weighted by molar-refractivity contribution is -0.121. The van der Waals surface area contributed by atoms with E-state index in [2.05, 4.69) is 20.8 Å². The molecular formula is C20H19FN4O2S. The minimum Gasteiger partial charge on any atom is -0.352 e. The molecule has 0 aliphatic heterocycles. The summed E-state index contributed by atoms with van der Waals surface area (Å²) in [6.45, 7) is 2.30. The van der Waals surface area contributed by atoms with Crippen molar-refractivity contribution in [3.8, 4) is 0 Å². The van der Waals surface area contributed by atoms with Crippen LogP contribution in [0.2, 0.25) is 0 Å². The first-order chi connectivity index (χ1) is 13.5. The van der Waals surface area contributed by atoms with Gasteiger partial charge in [0.15, 0.2) is 0 Å². The largest absolute Gasteiger partial charge is 0.352 e. The van der Waals surface area contributed by atoms with E-state index in [9.17, 15) is 14.0 Å².